The summed E-state index contributed by atoms with van der Waals surface area (Å²) >= 11 is 6.91. The van der Waals surface area contributed by atoms with Gasteiger partial charge in [-0.3, -0.25) is 19.7 Å². The van der Waals surface area contributed by atoms with Crippen LogP contribution in [0.4, 0.5) is 11.4 Å². The number of para-hydroxylation sites is 1. The molecule has 0 aliphatic carbocycles. The Morgan fingerprint density at radius 3 is 2.33 bits per heavy atom. The van der Waals surface area contributed by atoms with Crippen LogP contribution in [0.3, 0.4) is 0 Å². The van der Waals surface area contributed by atoms with Gasteiger partial charge in [0, 0.05) is 28.1 Å². The van der Waals surface area contributed by atoms with Crippen molar-refractivity contribution in [3.63, 3.8) is 0 Å². The molecule has 0 aromatic heterocycles. The molecule has 2 aromatic rings. The number of carbonyl (C=O) groups is 2. The molecule has 0 saturated carbocycles. The van der Waals surface area contributed by atoms with Crippen molar-refractivity contribution in [2.75, 3.05) is 4.90 Å². The molecule has 0 unspecified atom stereocenters. The number of benzene rings is 2. The van der Waals surface area contributed by atoms with Crippen LogP contribution in [0, 0.1) is 10.1 Å². The lowest BCUT2D eigenvalue weighted by Crippen LogP contribution is -2.29. The fourth-order valence-electron chi connectivity index (χ4n) is 2.20. The standard InChI is InChI=1S/C16H9ClN2O4S/c17-10-5-6-14(12(9-10)19(22)23)24-13-4-2-1-3-11(13)18-15(20)7-8-16(18)21/h1-9H. The highest BCUT2D eigenvalue weighted by molar-refractivity contribution is 7.99. The smallest absolute Gasteiger partial charge is 0.269 e. The van der Waals surface area contributed by atoms with Crippen molar-refractivity contribution in [1.29, 1.82) is 0 Å². The summed E-state index contributed by atoms with van der Waals surface area (Å²) in [5.74, 6) is -0.891. The molecule has 0 spiro atoms. The summed E-state index contributed by atoms with van der Waals surface area (Å²) in [6.07, 6.45) is 2.38. The summed E-state index contributed by atoms with van der Waals surface area (Å²) in [6, 6.07) is 11.1. The SMILES string of the molecule is O=C1C=CC(=O)N1c1ccccc1Sc1ccc(Cl)cc1[N+](=O)[O-]. The number of hydrogen-bond acceptors (Lipinski definition) is 5. The first kappa shape index (κ1) is 16.2. The molecular formula is C16H9ClN2O4S. The molecule has 2 amide bonds. The van der Waals surface area contributed by atoms with Gasteiger partial charge in [-0.1, -0.05) is 35.5 Å². The van der Waals surface area contributed by atoms with Gasteiger partial charge in [-0.2, -0.15) is 0 Å². The molecule has 0 atom stereocenters. The van der Waals surface area contributed by atoms with E-state index in [0.29, 0.717) is 15.5 Å². The highest BCUT2D eigenvalue weighted by atomic mass is 35.5. The van der Waals surface area contributed by atoms with E-state index < -0.39 is 16.7 Å². The first-order valence-corrected chi connectivity index (χ1v) is 7.94. The van der Waals surface area contributed by atoms with Crippen molar-refractivity contribution in [2.24, 2.45) is 0 Å². The van der Waals surface area contributed by atoms with Gasteiger partial charge in [0.2, 0.25) is 0 Å². The Morgan fingerprint density at radius 1 is 1.00 bits per heavy atom. The van der Waals surface area contributed by atoms with Gasteiger partial charge in [0.1, 0.15) is 0 Å². The molecule has 2 aromatic carbocycles. The van der Waals surface area contributed by atoms with Crippen LogP contribution in [0.25, 0.3) is 0 Å². The number of carbonyl (C=O) groups excluding carboxylic acids is 2. The number of halogens is 1. The van der Waals surface area contributed by atoms with Gasteiger partial charge < -0.3 is 0 Å². The zero-order valence-corrected chi connectivity index (χ0v) is 13.6. The number of hydrogen-bond donors (Lipinski definition) is 0. The lowest BCUT2D eigenvalue weighted by Gasteiger charge is -2.17. The van der Waals surface area contributed by atoms with Crippen molar-refractivity contribution < 1.29 is 14.5 Å². The molecular weight excluding hydrogens is 352 g/mol. The van der Waals surface area contributed by atoms with E-state index in [-0.39, 0.29) is 10.7 Å². The predicted molar refractivity (Wildman–Crippen MR) is 90.3 cm³/mol. The molecule has 0 bridgehead atoms. The number of amides is 2. The number of imide groups is 1. The minimum absolute atomic E-state index is 0.139. The average Bonchev–Trinajstić information content (AvgIpc) is 2.88. The van der Waals surface area contributed by atoms with Crippen LogP contribution >= 0.6 is 23.4 Å². The highest BCUT2D eigenvalue weighted by Gasteiger charge is 2.28. The van der Waals surface area contributed by atoms with Gasteiger partial charge in [0.15, 0.2) is 0 Å². The van der Waals surface area contributed by atoms with E-state index in [4.69, 9.17) is 11.6 Å². The zero-order valence-electron chi connectivity index (χ0n) is 12.0. The summed E-state index contributed by atoms with van der Waals surface area (Å²) in [6.45, 7) is 0. The molecule has 1 heterocycles. The fourth-order valence-corrected chi connectivity index (χ4v) is 3.39. The van der Waals surface area contributed by atoms with Crippen molar-refractivity contribution >= 4 is 46.6 Å². The van der Waals surface area contributed by atoms with Gasteiger partial charge in [-0.05, 0) is 24.3 Å². The minimum atomic E-state index is -0.523. The third-order valence-electron chi connectivity index (χ3n) is 3.25. The largest absolute Gasteiger partial charge is 0.284 e. The molecule has 1 aliphatic heterocycles. The Hall–Kier alpha value is -2.64. The summed E-state index contributed by atoms with van der Waals surface area (Å²) in [7, 11) is 0. The topological polar surface area (TPSA) is 80.5 Å². The Balaban J connectivity index is 2.02. The van der Waals surface area contributed by atoms with Crippen LogP contribution < -0.4 is 4.90 Å². The molecule has 0 saturated heterocycles. The molecule has 0 radical (unpaired) electrons. The molecule has 8 heteroatoms. The van der Waals surface area contributed by atoms with Crippen LogP contribution in [0.1, 0.15) is 0 Å². The van der Waals surface area contributed by atoms with Crippen LogP contribution in [0.5, 0.6) is 0 Å². The van der Waals surface area contributed by atoms with Gasteiger partial charge in [-0.15, -0.1) is 0 Å². The maximum Gasteiger partial charge on any atom is 0.284 e. The summed E-state index contributed by atoms with van der Waals surface area (Å²) in [5.41, 5.74) is 0.242. The number of rotatable bonds is 4. The van der Waals surface area contributed by atoms with Gasteiger partial charge in [-0.25, -0.2) is 4.90 Å². The Bertz CT molecular complexity index is 879. The van der Waals surface area contributed by atoms with E-state index in [1.54, 1.807) is 30.3 Å². The fraction of sp³-hybridized carbons (Fsp3) is 0. The highest BCUT2D eigenvalue weighted by Crippen LogP contribution is 2.41. The Kier molecular flexibility index (Phi) is 4.37. The molecule has 6 nitrogen and oxygen atoms in total. The monoisotopic (exact) mass is 360 g/mol. The Morgan fingerprint density at radius 2 is 1.67 bits per heavy atom. The Labute approximate surface area is 145 Å². The maximum atomic E-state index is 11.9. The van der Waals surface area contributed by atoms with Crippen molar-refractivity contribution in [3.8, 4) is 0 Å². The molecule has 3 rings (SSSR count). The quantitative estimate of drug-likeness (QED) is 0.470. The number of nitrogens with zero attached hydrogens (tertiary/aromatic N) is 2. The van der Waals surface area contributed by atoms with Gasteiger partial charge in [0.05, 0.1) is 15.5 Å². The minimum Gasteiger partial charge on any atom is -0.269 e. The first-order valence-electron chi connectivity index (χ1n) is 6.74. The van der Waals surface area contributed by atoms with E-state index in [9.17, 15) is 19.7 Å². The third-order valence-corrected chi connectivity index (χ3v) is 4.62. The van der Waals surface area contributed by atoms with Crippen molar-refractivity contribution in [3.05, 3.63) is 69.8 Å². The zero-order chi connectivity index (χ0) is 17.3. The molecule has 0 fully saturated rings. The molecule has 1 aliphatic rings. The van der Waals surface area contributed by atoms with E-state index >= 15 is 0 Å². The van der Waals surface area contributed by atoms with Gasteiger partial charge >= 0.3 is 0 Å². The van der Waals surface area contributed by atoms with Crippen molar-refractivity contribution in [1.82, 2.24) is 0 Å². The van der Waals surface area contributed by atoms with Crippen molar-refractivity contribution in [2.45, 2.75) is 9.79 Å². The lowest BCUT2D eigenvalue weighted by atomic mass is 10.3. The number of anilines is 1. The van der Waals surface area contributed by atoms with Crippen LogP contribution in [0.15, 0.2) is 64.4 Å². The number of nitro groups is 1. The van der Waals surface area contributed by atoms with E-state index in [1.165, 1.54) is 24.3 Å². The average molecular weight is 361 g/mol. The summed E-state index contributed by atoms with van der Waals surface area (Å²) < 4.78 is 0. The van der Waals surface area contributed by atoms with E-state index in [1.807, 2.05) is 0 Å². The van der Waals surface area contributed by atoms with Crippen LogP contribution in [0.2, 0.25) is 5.02 Å². The maximum absolute atomic E-state index is 11.9. The third kappa shape index (κ3) is 3.04. The molecule has 0 N–H and O–H groups in total. The lowest BCUT2D eigenvalue weighted by molar-refractivity contribution is -0.387. The van der Waals surface area contributed by atoms with E-state index in [0.717, 1.165) is 16.7 Å². The molecule has 120 valence electrons. The van der Waals surface area contributed by atoms with E-state index in [2.05, 4.69) is 0 Å². The number of nitro benzene ring substituents is 1. The second-order valence-corrected chi connectivity index (χ2v) is 6.30. The normalized spacial score (nSPS) is 13.6. The van der Waals surface area contributed by atoms with Gasteiger partial charge in [0.25, 0.3) is 17.5 Å². The molecule has 24 heavy (non-hydrogen) atoms. The predicted octanol–water partition coefficient (Wildman–Crippen LogP) is 3.83. The first-order chi connectivity index (χ1) is 11.5. The van der Waals surface area contributed by atoms with Crippen LogP contribution in [-0.4, -0.2) is 16.7 Å². The summed E-state index contributed by atoms with van der Waals surface area (Å²) in [5, 5.41) is 11.5. The second-order valence-electron chi connectivity index (χ2n) is 4.78. The second kappa shape index (κ2) is 6.46. The summed E-state index contributed by atoms with van der Waals surface area (Å²) in [4.78, 5) is 36.4. The van der Waals surface area contributed by atoms with Crippen LogP contribution in [-0.2, 0) is 9.59 Å².